The van der Waals surface area contributed by atoms with Crippen LogP contribution in [0.15, 0.2) is 52.1 Å². The van der Waals surface area contributed by atoms with Crippen molar-refractivity contribution in [1.82, 2.24) is 4.98 Å². The van der Waals surface area contributed by atoms with Crippen LogP contribution in [0.3, 0.4) is 0 Å². The Balaban J connectivity index is 1.86. The zero-order chi connectivity index (χ0) is 14.8. The van der Waals surface area contributed by atoms with Gasteiger partial charge >= 0.3 is 0 Å². The first-order chi connectivity index (χ1) is 10.2. The maximum atomic E-state index is 12.3. The SMILES string of the molecule is COc1cccc(CS(=O)c2nc3ccc(Cl)cc3o2)c1. The molecule has 3 rings (SSSR count). The lowest BCUT2D eigenvalue weighted by Gasteiger charge is -2.02. The number of rotatable bonds is 4. The number of ether oxygens (including phenoxy) is 1. The fraction of sp³-hybridized carbons (Fsp3) is 0.133. The van der Waals surface area contributed by atoms with E-state index in [1.165, 1.54) is 0 Å². The fourth-order valence-electron chi connectivity index (χ4n) is 1.95. The summed E-state index contributed by atoms with van der Waals surface area (Å²) < 4.78 is 23.0. The summed E-state index contributed by atoms with van der Waals surface area (Å²) >= 11 is 5.89. The van der Waals surface area contributed by atoms with Crippen LogP contribution in [0.5, 0.6) is 5.75 Å². The third-order valence-electron chi connectivity index (χ3n) is 2.96. The van der Waals surface area contributed by atoms with Crippen LogP contribution in [0, 0.1) is 0 Å². The largest absolute Gasteiger partial charge is 0.497 e. The van der Waals surface area contributed by atoms with Crippen LogP contribution in [0.4, 0.5) is 0 Å². The normalized spacial score (nSPS) is 12.5. The highest BCUT2D eigenvalue weighted by Crippen LogP contribution is 2.23. The number of methoxy groups -OCH3 is 1. The number of fused-ring (bicyclic) bond motifs is 1. The highest BCUT2D eigenvalue weighted by molar-refractivity contribution is 7.84. The summed E-state index contributed by atoms with van der Waals surface area (Å²) in [5, 5.41) is 0.763. The molecule has 0 fully saturated rings. The van der Waals surface area contributed by atoms with Crippen LogP contribution in [0.25, 0.3) is 11.1 Å². The third-order valence-corrected chi connectivity index (χ3v) is 4.35. The van der Waals surface area contributed by atoms with E-state index in [1.807, 2.05) is 24.3 Å². The molecular formula is C15H12ClNO3S. The number of hydrogen-bond donors (Lipinski definition) is 0. The summed E-state index contributed by atoms with van der Waals surface area (Å²) in [7, 11) is 0.238. The van der Waals surface area contributed by atoms with Crippen molar-refractivity contribution in [1.29, 1.82) is 0 Å². The number of halogens is 1. The summed E-state index contributed by atoms with van der Waals surface area (Å²) in [6.07, 6.45) is 0. The Labute approximate surface area is 129 Å². The summed E-state index contributed by atoms with van der Waals surface area (Å²) in [4.78, 5) is 4.24. The van der Waals surface area contributed by atoms with E-state index in [0.717, 1.165) is 11.3 Å². The highest BCUT2D eigenvalue weighted by atomic mass is 35.5. The van der Waals surface area contributed by atoms with Gasteiger partial charge in [0.2, 0.25) is 0 Å². The van der Waals surface area contributed by atoms with Crippen LogP contribution >= 0.6 is 11.6 Å². The molecule has 0 amide bonds. The molecule has 0 radical (unpaired) electrons. The minimum atomic E-state index is -1.36. The lowest BCUT2D eigenvalue weighted by Crippen LogP contribution is -1.97. The smallest absolute Gasteiger partial charge is 0.288 e. The lowest BCUT2D eigenvalue weighted by molar-refractivity contribution is 0.414. The number of benzene rings is 2. The molecule has 4 nitrogen and oxygen atoms in total. The van der Waals surface area contributed by atoms with Crippen LogP contribution < -0.4 is 4.74 Å². The molecule has 2 aromatic carbocycles. The van der Waals surface area contributed by atoms with Gasteiger partial charge in [0.25, 0.3) is 5.22 Å². The van der Waals surface area contributed by atoms with Gasteiger partial charge in [0.05, 0.1) is 12.9 Å². The van der Waals surface area contributed by atoms with Crippen molar-refractivity contribution in [2.24, 2.45) is 0 Å². The zero-order valence-electron chi connectivity index (χ0n) is 11.2. The number of aromatic nitrogens is 1. The van der Waals surface area contributed by atoms with E-state index in [4.69, 9.17) is 20.8 Å². The van der Waals surface area contributed by atoms with Gasteiger partial charge in [-0.1, -0.05) is 23.7 Å². The van der Waals surface area contributed by atoms with Crippen molar-refractivity contribution in [2.45, 2.75) is 11.0 Å². The van der Waals surface area contributed by atoms with Crippen molar-refractivity contribution in [2.75, 3.05) is 7.11 Å². The maximum absolute atomic E-state index is 12.3. The van der Waals surface area contributed by atoms with E-state index in [2.05, 4.69) is 4.98 Å². The molecule has 0 spiro atoms. The fourth-order valence-corrected chi connectivity index (χ4v) is 3.10. The third kappa shape index (κ3) is 3.09. The lowest BCUT2D eigenvalue weighted by atomic mass is 10.2. The predicted octanol–water partition coefficient (Wildman–Crippen LogP) is 3.80. The Morgan fingerprint density at radius 3 is 2.95 bits per heavy atom. The van der Waals surface area contributed by atoms with Crippen LogP contribution in [-0.2, 0) is 16.6 Å². The Morgan fingerprint density at radius 2 is 2.14 bits per heavy atom. The first-order valence-electron chi connectivity index (χ1n) is 6.23. The van der Waals surface area contributed by atoms with Crippen molar-refractivity contribution in [3.05, 3.63) is 53.1 Å². The molecule has 0 saturated heterocycles. The average Bonchev–Trinajstić information content (AvgIpc) is 2.90. The number of oxazole rings is 1. The van der Waals surface area contributed by atoms with Crippen LogP contribution in [-0.4, -0.2) is 16.3 Å². The number of nitrogens with zero attached hydrogens (tertiary/aromatic N) is 1. The van der Waals surface area contributed by atoms with E-state index < -0.39 is 10.8 Å². The quantitative estimate of drug-likeness (QED) is 0.733. The first kappa shape index (κ1) is 14.1. The van der Waals surface area contributed by atoms with Gasteiger partial charge in [-0.15, -0.1) is 0 Å². The Morgan fingerprint density at radius 1 is 1.29 bits per heavy atom. The minimum absolute atomic E-state index is 0.204. The molecule has 1 aromatic heterocycles. The van der Waals surface area contributed by atoms with Gasteiger partial charge in [-0.2, -0.15) is 0 Å². The maximum Gasteiger partial charge on any atom is 0.288 e. The van der Waals surface area contributed by atoms with Gasteiger partial charge in [0, 0.05) is 11.1 Å². The molecule has 0 saturated carbocycles. The topological polar surface area (TPSA) is 52.3 Å². The monoisotopic (exact) mass is 321 g/mol. The summed E-state index contributed by atoms with van der Waals surface area (Å²) in [5.74, 6) is 1.05. The first-order valence-corrected chi connectivity index (χ1v) is 7.93. The van der Waals surface area contributed by atoms with Gasteiger partial charge in [0.1, 0.15) is 22.1 Å². The molecule has 1 heterocycles. The summed E-state index contributed by atoms with van der Waals surface area (Å²) in [6, 6.07) is 12.6. The molecule has 6 heteroatoms. The van der Waals surface area contributed by atoms with Crippen molar-refractivity contribution in [3.63, 3.8) is 0 Å². The zero-order valence-corrected chi connectivity index (χ0v) is 12.8. The molecule has 0 bridgehead atoms. The number of hydrogen-bond acceptors (Lipinski definition) is 4. The molecule has 0 aliphatic carbocycles. The summed E-state index contributed by atoms with van der Waals surface area (Å²) in [5.41, 5.74) is 2.08. The van der Waals surface area contributed by atoms with Gasteiger partial charge < -0.3 is 9.15 Å². The van der Waals surface area contributed by atoms with Crippen molar-refractivity contribution >= 4 is 33.5 Å². The van der Waals surface area contributed by atoms with Gasteiger partial charge in [-0.05, 0) is 29.8 Å². The minimum Gasteiger partial charge on any atom is -0.497 e. The van der Waals surface area contributed by atoms with Crippen molar-refractivity contribution in [3.8, 4) is 5.75 Å². The Hall–Kier alpha value is -1.85. The molecule has 0 N–H and O–H groups in total. The molecule has 108 valence electrons. The molecule has 0 aliphatic rings. The molecule has 1 unspecified atom stereocenters. The van der Waals surface area contributed by atoms with Crippen LogP contribution in [0.2, 0.25) is 5.02 Å². The van der Waals surface area contributed by atoms with Crippen LogP contribution in [0.1, 0.15) is 5.56 Å². The van der Waals surface area contributed by atoms with E-state index in [-0.39, 0.29) is 5.22 Å². The van der Waals surface area contributed by atoms with E-state index in [0.29, 0.717) is 21.9 Å². The van der Waals surface area contributed by atoms with E-state index >= 15 is 0 Å². The Kier molecular flexibility index (Phi) is 3.94. The second kappa shape index (κ2) is 5.87. The second-order valence-corrected chi connectivity index (χ2v) is 6.20. The molecule has 0 aliphatic heterocycles. The predicted molar refractivity (Wildman–Crippen MR) is 82.1 cm³/mol. The Bertz CT molecular complexity index is 816. The summed E-state index contributed by atoms with van der Waals surface area (Å²) in [6.45, 7) is 0. The van der Waals surface area contributed by atoms with E-state index in [9.17, 15) is 4.21 Å². The van der Waals surface area contributed by atoms with Gasteiger partial charge in [-0.25, -0.2) is 9.19 Å². The molecule has 21 heavy (non-hydrogen) atoms. The second-order valence-electron chi connectivity index (χ2n) is 4.43. The molecule has 3 aromatic rings. The van der Waals surface area contributed by atoms with Gasteiger partial charge in [0.15, 0.2) is 5.58 Å². The van der Waals surface area contributed by atoms with Gasteiger partial charge in [-0.3, -0.25) is 0 Å². The highest BCUT2D eigenvalue weighted by Gasteiger charge is 2.14. The standard InChI is InChI=1S/C15H12ClNO3S/c1-19-12-4-2-3-10(7-12)9-21(18)15-17-13-6-5-11(16)8-14(13)20-15/h2-8H,9H2,1H3. The molecular weight excluding hydrogens is 310 g/mol. The molecule has 1 atom stereocenters. The van der Waals surface area contributed by atoms with Crippen molar-refractivity contribution < 1.29 is 13.4 Å². The average molecular weight is 322 g/mol. The van der Waals surface area contributed by atoms with E-state index in [1.54, 1.807) is 25.3 Å².